The summed E-state index contributed by atoms with van der Waals surface area (Å²) in [6, 6.07) is 8.14. The molecule has 6 nitrogen and oxygen atoms in total. The van der Waals surface area contributed by atoms with Gasteiger partial charge in [-0.1, -0.05) is 29.3 Å². The molecule has 1 fully saturated rings. The molecule has 130 valence electrons. The van der Waals surface area contributed by atoms with E-state index < -0.39 is 11.9 Å². The van der Waals surface area contributed by atoms with E-state index in [0.29, 0.717) is 29.3 Å². The van der Waals surface area contributed by atoms with Gasteiger partial charge in [-0.2, -0.15) is 0 Å². The number of pyridine rings is 1. The van der Waals surface area contributed by atoms with E-state index in [4.69, 9.17) is 33.0 Å². The Kier molecular flexibility index (Phi) is 5.11. The highest BCUT2D eigenvalue weighted by molar-refractivity contribution is 6.42. The Morgan fingerprint density at radius 2 is 2.04 bits per heavy atom. The van der Waals surface area contributed by atoms with E-state index in [2.05, 4.69) is 4.98 Å². The van der Waals surface area contributed by atoms with E-state index in [0.717, 1.165) is 0 Å². The Hall–Kier alpha value is -2.31. The smallest absolute Gasteiger partial charge is 0.308 e. The number of amides is 1. The number of aliphatic carboxylic acids is 1. The molecule has 0 radical (unpaired) electrons. The minimum Gasteiger partial charge on any atom is -0.481 e. The maximum Gasteiger partial charge on any atom is 0.308 e. The molecule has 3 rings (SSSR count). The van der Waals surface area contributed by atoms with E-state index >= 15 is 0 Å². The number of aromatic nitrogens is 1. The second-order valence-corrected chi connectivity index (χ2v) is 6.40. The van der Waals surface area contributed by atoms with Crippen molar-refractivity contribution in [2.75, 3.05) is 13.1 Å². The molecular formula is C17H14Cl2N2O4. The van der Waals surface area contributed by atoms with Gasteiger partial charge in [0.05, 0.1) is 16.5 Å². The molecule has 1 aliphatic rings. The van der Waals surface area contributed by atoms with Gasteiger partial charge in [0.2, 0.25) is 5.88 Å². The van der Waals surface area contributed by atoms with Crippen LogP contribution in [0.25, 0.3) is 0 Å². The van der Waals surface area contributed by atoms with Gasteiger partial charge in [0.1, 0.15) is 10.8 Å². The SMILES string of the molecule is O=C(O)[C@@H]1CCN(C(=O)c2ccc(Oc3cccc(Cl)c3Cl)nc2)C1. The van der Waals surface area contributed by atoms with Crippen LogP contribution in [0.15, 0.2) is 36.5 Å². The van der Waals surface area contributed by atoms with Crippen LogP contribution in [0.1, 0.15) is 16.8 Å². The molecule has 25 heavy (non-hydrogen) atoms. The first-order chi connectivity index (χ1) is 12.0. The van der Waals surface area contributed by atoms with Gasteiger partial charge in [-0.25, -0.2) is 4.98 Å². The maximum atomic E-state index is 12.4. The molecule has 1 atom stereocenters. The van der Waals surface area contributed by atoms with Crippen LogP contribution in [0, 0.1) is 5.92 Å². The third kappa shape index (κ3) is 3.86. The number of likely N-dealkylation sites (tertiary alicyclic amines) is 1. The highest BCUT2D eigenvalue weighted by atomic mass is 35.5. The number of carbonyl (C=O) groups excluding carboxylic acids is 1. The average molecular weight is 381 g/mol. The molecular weight excluding hydrogens is 367 g/mol. The predicted octanol–water partition coefficient (Wildman–Crippen LogP) is 3.73. The second kappa shape index (κ2) is 7.29. The highest BCUT2D eigenvalue weighted by Crippen LogP contribution is 2.34. The molecule has 1 aromatic heterocycles. The maximum absolute atomic E-state index is 12.4. The van der Waals surface area contributed by atoms with Gasteiger partial charge in [0, 0.05) is 25.4 Å². The summed E-state index contributed by atoms with van der Waals surface area (Å²) in [6.07, 6.45) is 1.85. The molecule has 1 aliphatic heterocycles. The molecule has 1 N–H and O–H groups in total. The fourth-order valence-electron chi connectivity index (χ4n) is 2.57. The third-order valence-electron chi connectivity index (χ3n) is 3.94. The van der Waals surface area contributed by atoms with Crippen molar-refractivity contribution in [2.24, 2.45) is 5.92 Å². The number of carboxylic acids is 1. The minimum absolute atomic E-state index is 0.213. The number of halogens is 2. The van der Waals surface area contributed by atoms with Gasteiger partial charge >= 0.3 is 5.97 Å². The van der Waals surface area contributed by atoms with Gasteiger partial charge < -0.3 is 14.7 Å². The van der Waals surface area contributed by atoms with Crippen molar-refractivity contribution in [1.29, 1.82) is 0 Å². The first-order valence-electron chi connectivity index (χ1n) is 7.55. The summed E-state index contributed by atoms with van der Waals surface area (Å²) in [4.78, 5) is 29.0. The normalized spacial score (nSPS) is 16.7. The molecule has 1 amide bonds. The van der Waals surface area contributed by atoms with Crippen LogP contribution in [0.2, 0.25) is 10.0 Å². The Morgan fingerprint density at radius 1 is 1.24 bits per heavy atom. The summed E-state index contributed by atoms with van der Waals surface area (Å²) in [5, 5.41) is 9.66. The number of ether oxygens (including phenoxy) is 1. The molecule has 1 saturated heterocycles. The number of hydrogen-bond donors (Lipinski definition) is 1. The summed E-state index contributed by atoms with van der Waals surface area (Å²) in [5.41, 5.74) is 0.371. The number of nitrogens with zero attached hydrogens (tertiary/aromatic N) is 2. The van der Waals surface area contributed by atoms with Crippen LogP contribution in [0.5, 0.6) is 11.6 Å². The molecule has 0 saturated carbocycles. The van der Waals surface area contributed by atoms with Crippen molar-refractivity contribution in [3.05, 3.63) is 52.1 Å². The van der Waals surface area contributed by atoms with E-state index in [-0.39, 0.29) is 23.4 Å². The molecule has 0 aliphatic carbocycles. The zero-order valence-corrected chi connectivity index (χ0v) is 14.5. The monoisotopic (exact) mass is 380 g/mol. The lowest BCUT2D eigenvalue weighted by molar-refractivity contribution is -0.141. The number of rotatable bonds is 4. The second-order valence-electron chi connectivity index (χ2n) is 5.61. The Bertz CT molecular complexity index is 811. The number of benzene rings is 1. The fraction of sp³-hybridized carbons (Fsp3) is 0.235. The van der Waals surface area contributed by atoms with E-state index in [1.54, 1.807) is 30.3 Å². The van der Waals surface area contributed by atoms with E-state index in [1.807, 2.05) is 0 Å². The first kappa shape index (κ1) is 17.5. The summed E-state index contributed by atoms with van der Waals surface area (Å²) >= 11 is 12.0. The Labute approximate surface area is 153 Å². The molecule has 2 heterocycles. The largest absolute Gasteiger partial charge is 0.481 e. The van der Waals surface area contributed by atoms with Gasteiger partial charge in [-0.3, -0.25) is 9.59 Å². The van der Waals surface area contributed by atoms with E-state index in [1.165, 1.54) is 11.1 Å². The zero-order valence-electron chi connectivity index (χ0n) is 13.0. The van der Waals surface area contributed by atoms with Gasteiger partial charge in [0.15, 0.2) is 0 Å². The van der Waals surface area contributed by atoms with Crippen molar-refractivity contribution in [2.45, 2.75) is 6.42 Å². The molecule has 1 aromatic carbocycles. The van der Waals surface area contributed by atoms with Crippen molar-refractivity contribution in [1.82, 2.24) is 9.88 Å². The average Bonchev–Trinajstić information content (AvgIpc) is 3.09. The van der Waals surface area contributed by atoms with Crippen LogP contribution in [-0.2, 0) is 4.79 Å². The van der Waals surface area contributed by atoms with Crippen LogP contribution in [0.3, 0.4) is 0 Å². The predicted molar refractivity (Wildman–Crippen MR) is 92.4 cm³/mol. The summed E-state index contributed by atoms with van der Waals surface area (Å²) in [6.45, 7) is 0.636. The molecule has 0 bridgehead atoms. The summed E-state index contributed by atoms with van der Waals surface area (Å²) in [5.74, 6) is -1.00. The lowest BCUT2D eigenvalue weighted by Gasteiger charge is -2.15. The Balaban J connectivity index is 1.69. The van der Waals surface area contributed by atoms with Crippen LogP contribution in [0.4, 0.5) is 0 Å². The van der Waals surface area contributed by atoms with Crippen molar-refractivity contribution < 1.29 is 19.4 Å². The summed E-state index contributed by atoms with van der Waals surface area (Å²) < 4.78 is 5.57. The lowest BCUT2D eigenvalue weighted by Crippen LogP contribution is -2.30. The van der Waals surface area contributed by atoms with Crippen LogP contribution in [-0.4, -0.2) is 40.0 Å². The van der Waals surface area contributed by atoms with Gasteiger partial charge in [-0.15, -0.1) is 0 Å². The van der Waals surface area contributed by atoms with Crippen molar-refractivity contribution in [3.63, 3.8) is 0 Å². The van der Waals surface area contributed by atoms with Gasteiger partial charge in [-0.05, 0) is 24.6 Å². The minimum atomic E-state index is -0.879. The molecule has 0 unspecified atom stereocenters. The Morgan fingerprint density at radius 3 is 2.68 bits per heavy atom. The highest BCUT2D eigenvalue weighted by Gasteiger charge is 2.31. The number of carbonyl (C=O) groups is 2. The standard InChI is InChI=1S/C17H14Cl2N2O4/c18-12-2-1-3-13(15(12)19)25-14-5-4-10(8-20-14)16(22)21-7-6-11(9-21)17(23)24/h1-5,8,11H,6-7,9H2,(H,23,24)/t11-/m1/s1. The zero-order chi connectivity index (χ0) is 18.0. The number of hydrogen-bond acceptors (Lipinski definition) is 4. The first-order valence-corrected chi connectivity index (χ1v) is 8.31. The third-order valence-corrected chi connectivity index (χ3v) is 4.74. The van der Waals surface area contributed by atoms with Crippen LogP contribution < -0.4 is 4.74 Å². The number of carboxylic acid groups (broad SMARTS) is 1. The molecule has 0 spiro atoms. The van der Waals surface area contributed by atoms with E-state index in [9.17, 15) is 9.59 Å². The fourth-order valence-corrected chi connectivity index (χ4v) is 2.90. The molecule has 2 aromatic rings. The van der Waals surface area contributed by atoms with Crippen molar-refractivity contribution in [3.8, 4) is 11.6 Å². The lowest BCUT2D eigenvalue weighted by atomic mass is 10.1. The molecule has 8 heteroatoms. The van der Waals surface area contributed by atoms with Gasteiger partial charge in [0.25, 0.3) is 5.91 Å². The quantitative estimate of drug-likeness (QED) is 0.873. The topological polar surface area (TPSA) is 79.7 Å². The van der Waals surface area contributed by atoms with Crippen LogP contribution >= 0.6 is 23.2 Å². The van der Waals surface area contributed by atoms with Crippen molar-refractivity contribution >= 4 is 35.1 Å². The summed E-state index contributed by atoms with van der Waals surface area (Å²) in [7, 11) is 0.